The molecular formula is C45H76O5. The first-order chi connectivity index (χ1) is 24.6. The molecular weight excluding hydrogens is 620 g/mol. The lowest BCUT2D eigenvalue weighted by atomic mass is 10.0. The van der Waals surface area contributed by atoms with Crippen LogP contribution in [0.5, 0.6) is 0 Å². The second kappa shape index (κ2) is 40.8. The van der Waals surface area contributed by atoms with Crippen molar-refractivity contribution in [2.24, 2.45) is 0 Å². The minimum atomic E-state index is -0.812. The molecule has 0 amide bonds. The first kappa shape index (κ1) is 47.3. The summed E-state index contributed by atoms with van der Waals surface area (Å²) in [4.78, 5) is 24.2. The van der Waals surface area contributed by atoms with E-state index in [0.29, 0.717) is 12.8 Å². The Bertz CT molecular complexity index is 926. The van der Waals surface area contributed by atoms with Crippen molar-refractivity contribution in [3.63, 3.8) is 0 Å². The van der Waals surface area contributed by atoms with E-state index in [2.05, 4.69) is 74.6 Å². The third-order valence-corrected chi connectivity index (χ3v) is 8.50. The van der Waals surface area contributed by atoms with E-state index in [0.717, 1.165) is 51.4 Å². The van der Waals surface area contributed by atoms with Gasteiger partial charge in [0.1, 0.15) is 6.61 Å². The van der Waals surface area contributed by atoms with Crippen LogP contribution in [0.2, 0.25) is 0 Å². The minimum Gasteiger partial charge on any atom is -0.462 e. The fraction of sp³-hybridized carbons (Fsp3) is 0.689. The van der Waals surface area contributed by atoms with Crippen LogP contribution in [0.25, 0.3) is 0 Å². The molecule has 286 valence electrons. The van der Waals surface area contributed by atoms with Gasteiger partial charge in [-0.3, -0.25) is 9.59 Å². The molecule has 0 aliphatic rings. The SMILES string of the molecule is CC/C=C\C/C=C\C/C=C\C/C=C\CCC(=O)OC(CO)COC(=O)CCCCCCCCCCCCC/C=C\C/C=C\CCCCCCC. The average Bonchev–Trinajstić information content (AvgIpc) is 3.12. The van der Waals surface area contributed by atoms with Crippen LogP contribution < -0.4 is 0 Å². The molecule has 5 nitrogen and oxygen atoms in total. The largest absolute Gasteiger partial charge is 0.462 e. The van der Waals surface area contributed by atoms with Crippen molar-refractivity contribution in [2.75, 3.05) is 13.2 Å². The number of hydrogen-bond acceptors (Lipinski definition) is 5. The van der Waals surface area contributed by atoms with E-state index in [1.165, 1.54) is 96.3 Å². The molecule has 0 rings (SSSR count). The zero-order chi connectivity index (χ0) is 36.4. The zero-order valence-electron chi connectivity index (χ0n) is 32.4. The van der Waals surface area contributed by atoms with Crippen LogP contribution in [0.15, 0.2) is 72.9 Å². The lowest BCUT2D eigenvalue weighted by Gasteiger charge is -2.15. The first-order valence-electron chi connectivity index (χ1n) is 20.5. The first-order valence-corrected chi connectivity index (χ1v) is 20.5. The number of esters is 2. The Balaban J connectivity index is 3.60. The van der Waals surface area contributed by atoms with Gasteiger partial charge in [0.15, 0.2) is 6.10 Å². The Morgan fingerprint density at radius 1 is 0.480 bits per heavy atom. The zero-order valence-corrected chi connectivity index (χ0v) is 32.4. The molecule has 0 saturated carbocycles. The van der Waals surface area contributed by atoms with Gasteiger partial charge in [0, 0.05) is 12.8 Å². The predicted octanol–water partition coefficient (Wildman–Crippen LogP) is 13.0. The molecule has 1 unspecified atom stereocenters. The number of aliphatic hydroxyl groups excluding tert-OH is 1. The molecule has 1 atom stereocenters. The highest BCUT2D eigenvalue weighted by Crippen LogP contribution is 2.13. The molecule has 0 heterocycles. The van der Waals surface area contributed by atoms with Gasteiger partial charge < -0.3 is 14.6 Å². The molecule has 0 aromatic rings. The van der Waals surface area contributed by atoms with Gasteiger partial charge in [-0.05, 0) is 70.6 Å². The smallest absolute Gasteiger partial charge is 0.306 e. The van der Waals surface area contributed by atoms with Gasteiger partial charge in [-0.25, -0.2) is 0 Å². The molecule has 1 N–H and O–H groups in total. The number of unbranched alkanes of at least 4 members (excludes halogenated alkanes) is 16. The van der Waals surface area contributed by atoms with Crippen molar-refractivity contribution in [3.05, 3.63) is 72.9 Å². The molecule has 50 heavy (non-hydrogen) atoms. The van der Waals surface area contributed by atoms with E-state index in [1.807, 2.05) is 12.2 Å². The highest BCUT2D eigenvalue weighted by Gasteiger charge is 2.15. The summed E-state index contributed by atoms with van der Waals surface area (Å²) in [5, 5.41) is 9.54. The highest BCUT2D eigenvalue weighted by atomic mass is 16.6. The van der Waals surface area contributed by atoms with Gasteiger partial charge >= 0.3 is 11.9 Å². The van der Waals surface area contributed by atoms with E-state index in [-0.39, 0.29) is 25.6 Å². The van der Waals surface area contributed by atoms with Crippen LogP contribution in [0.4, 0.5) is 0 Å². The molecule has 0 radical (unpaired) electrons. The monoisotopic (exact) mass is 697 g/mol. The summed E-state index contributed by atoms with van der Waals surface area (Å²) in [7, 11) is 0. The summed E-state index contributed by atoms with van der Waals surface area (Å²) in [6, 6.07) is 0. The van der Waals surface area contributed by atoms with Crippen molar-refractivity contribution in [1.82, 2.24) is 0 Å². The van der Waals surface area contributed by atoms with Gasteiger partial charge in [0.2, 0.25) is 0 Å². The Kier molecular flexibility index (Phi) is 38.6. The second-order valence-electron chi connectivity index (χ2n) is 13.3. The quantitative estimate of drug-likeness (QED) is 0.0401. The van der Waals surface area contributed by atoms with E-state index in [4.69, 9.17) is 9.47 Å². The number of carbonyl (C=O) groups is 2. The van der Waals surface area contributed by atoms with Gasteiger partial charge in [-0.1, -0.05) is 170 Å². The molecule has 0 spiro atoms. The second-order valence-corrected chi connectivity index (χ2v) is 13.3. The van der Waals surface area contributed by atoms with Crippen LogP contribution in [-0.4, -0.2) is 36.4 Å². The topological polar surface area (TPSA) is 72.8 Å². The molecule has 0 saturated heterocycles. The van der Waals surface area contributed by atoms with Crippen LogP contribution in [0.1, 0.15) is 181 Å². The summed E-state index contributed by atoms with van der Waals surface area (Å²) < 4.78 is 10.5. The summed E-state index contributed by atoms with van der Waals surface area (Å²) in [5.41, 5.74) is 0. The van der Waals surface area contributed by atoms with E-state index >= 15 is 0 Å². The molecule has 0 aliphatic carbocycles. The van der Waals surface area contributed by atoms with Crippen molar-refractivity contribution < 1.29 is 24.2 Å². The Morgan fingerprint density at radius 3 is 1.38 bits per heavy atom. The van der Waals surface area contributed by atoms with Crippen molar-refractivity contribution in [2.45, 2.75) is 187 Å². The lowest BCUT2D eigenvalue weighted by Crippen LogP contribution is -2.28. The number of hydrogen-bond donors (Lipinski definition) is 1. The number of carbonyl (C=O) groups excluding carboxylic acids is 2. The molecule has 0 bridgehead atoms. The fourth-order valence-electron chi connectivity index (χ4n) is 5.42. The molecule has 0 aliphatic heterocycles. The number of ether oxygens (including phenoxy) is 2. The maximum absolute atomic E-state index is 12.1. The summed E-state index contributed by atoms with van der Waals surface area (Å²) >= 11 is 0. The summed E-state index contributed by atoms with van der Waals surface area (Å²) in [6.07, 6.45) is 54.1. The normalized spacial score (nSPS) is 12.9. The maximum Gasteiger partial charge on any atom is 0.306 e. The Hall–Kier alpha value is -2.66. The van der Waals surface area contributed by atoms with Crippen molar-refractivity contribution in [1.29, 1.82) is 0 Å². The van der Waals surface area contributed by atoms with Crippen LogP contribution in [0, 0.1) is 0 Å². The summed E-state index contributed by atoms with van der Waals surface area (Å²) in [5.74, 6) is -0.692. The lowest BCUT2D eigenvalue weighted by molar-refractivity contribution is -0.161. The van der Waals surface area contributed by atoms with Gasteiger partial charge in [0.05, 0.1) is 6.61 Å². The highest BCUT2D eigenvalue weighted by molar-refractivity contribution is 5.70. The molecule has 0 aromatic heterocycles. The van der Waals surface area contributed by atoms with Gasteiger partial charge in [0.25, 0.3) is 0 Å². The number of aliphatic hydroxyl groups is 1. The number of rotatable bonds is 36. The predicted molar refractivity (Wildman–Crippen MR) is 214 cm³/mol. The van der Waals surface area contributed by atoms with Crippen molar-refractivity contribution >= 4 is 11.9 Å². The van der Waals surface area contributed by atoms with Crippen LogP contribution in [0.3, 0.4) is 0 Å². The molecule has 0 fully saturated rings. The molecule has 0 aromatic carbocycles. The van der Waals surface area contributed by atoms with Crippen LogP contribution >= 0.6 is 0 Å². The van der Waals surface area contributed by atoms with Gasteiger partial charge in [-0.15, -0.1) is 0 Å². The molecule has 5 heteroatoms. The van der Waals surface area contributed by atoms with E-state index < -0.39 is 12.1 Å². The summed E-state index contributed by atoms with van der Waals surface area (Å²) in [6.45, 7) is 3.94. The van der Waals surface area contributed by atoms with Gasteiger partial charge in [-0.2, -0.15) is 0 Å². The third-order valence-electron chi connectivity index (χ3n) is 8.50. The maximum atomic E-state index is 12.1. The van der Waals surface area contributed by atoms with E-state index in [9.17, 15) is 14.7 Å². The third kappa shape index (κ3) is 38.1. The van der Waals surface area contributed by atoms with Crippen LogP contribution in [-0.2, 0) is 19.1 Å². The van der Waals surface area contributed by atoms with Crippen molar-refractivity contribution in [3.8, 4) is 0 Å². The van der Waals surface area contributed by atoms with E-state index in [1.54, 1.807) is 0 Å². The fourth-order valence-corrected chi connectivity index (χ4v) is 5.42. The standard InChI is InChI=1S/C45H76O5/c1-3-5-7-9-11-13-15-17-18-19-20-21-22-23-24-25-26-28-29-31-33-35-37-39-44(47)49-42-43(41-46)50-45(48)40-38-36-34-32-30-27-16-14-12-10-8-6-4-2/h6,8,12,14-15,17,19-20,27,30,34,36,43,46H,3-5,7,9-11,13,16,18,21-26,28-29,31-33,35,37-42H2,1-2H3/b8-6-,14-12-,17-15-,20-19-,30-27-,36-34-. The average molecular weight is 697 g/mol. The number of allylic oxidation sites excluding steroid dienone is 12. The Labute approximate surface area is 308 Å². The Morgan fingerprint density at radius 2 is 0.900 bits per heavy atom. The minimum absolute atomic E-state index is 0.0985.